The van der Waals surface area contributed by atoms with Gasteiger partial charge in [-0.25, -0.2) is 0 Å². The predicted octanol–water partition coefficient (Wildman–Crippen LogP) is 5.78. The van der Waals surface area contributed by atoms with Crippen LogP contribution >= 0.6 is 11.3 Å². The SMILES string of the molecule is CCc1cccc(CC)c1NC(=O)/C(=C/c1ccsc1)C(=O)c1ccccc1. The lowest BCUT2D eigenvalue weighted by Gasteiger charge is -2.15. The van der Waals surface area contributed by atoms with Gasteiger partial charge in [-0.2, -0.15) is 11.3 Å². The first-order valence-electron chi connectivity index (χ1n) is 9.39. The van der Waals surface area contributed by atoms with Crippen molar-refractivity contribution in [2.75, 3.05) is 5.32 Å². The van der Waals surface area contributed by atoms with E-state index in [-0.39, 0.29) is 17.3 Å². The van der Waals surface area contributed by atoms with Gasteiger partial charge in [0.05, 0.1) is 5.57 Å². The van der Waals surface area contributed by atoms with Gasteiger partial charge in [-0.3, -0.25) is 9.59 Å². The molecule has 28 heavy (non-hydrogen) atoms. The molecule has 1 amide bonds. The number of thiophene rings is 1. The molecule has 0 atom stereocenters. The third-order valence-corrected chi connectivity index (χ3v) is 5.32. The molecule has 0 unspecified atom stereocenters. The van der Waals surface area contributed by atoms with Gasteiger partial charge in [0, 0.05) is 11.3 Å². The Balaban J connectivity index is 2.00. The van der Waals surface area contributed by atoms with Crippen LogP contribution in [0.25, 0.3) is 6.08 Å². The van der Waals surface area contributed by atoms with Gasteiger partial charge in [0.1, 0.15) is 0 Å². The molecule has 0 fully saturated rings. The normalized spacial score (nSPS) is 11.3. The molecule has 0 radical (unpaired) electrons. The van der Waals surface area contributed by atoms with E-state index in [2.05, 4.69) is 19.2 Å². The van der Waals surface area contributed by atoms with Gasteiger partial charge >= 0.3 is 0 Å². The monoisotopic (exact) mass is 389 g/mol. The van der Waals surface area contributed by atoms with Crippen molar-refractivity contribution < 1.29 is 9.59 Å². The molecule has 0 aliphatic rings. The average Bonchev–Trinajstić information content (AvgIpc) is 3.25. The van der Waals surface area contributed by atoms with E-state index in [0.29, 0.717) is 5.56 Å². The number of hydrogen-bond donors (Lipinski definition) is 1. The predicted molar refractivity (Wildman–Crippen MR) is 117 cm³/mol. The number of carbonyl (C=O) groups is 2. The number of aryl methyl sites for hydroxylation is 2. The maximum absolute atomic E-state index is 13.2. The summed E-state index contributed by atoms with van der Waals surface area (Å²) in [6.07, 6.45) is 3.28. The number of rotatable bonds is 7. The van der Waals surface area contributed by atoms with Crippen molar-refractivity contribution >= 4 is 34.8 Å². The molecule has 0 bridgehead atoms. The van der Waals surface area contributed by atoms with E-state index in [1.807, 2.05) is 41.1 Å². The summed E-state index contributed by atoms with van der Waals surface area (Å²) in [6, 6.07) is 16.8. The van der Waals surface area contributed by atoms with Crippen LogP contribution in [0, 0.1) is 0 Å². The second-order valence-corrected chi connectivity index (χ2v) is 7.20. The van der Waals surface area contributed by atoms with Gasteiger partial charge in [-0.15, -0.1) is 0 Å². The fraction of sp³-hybridized carbons (Fsp3) is 0.167. The second-order valence-electron chi connectivity index (χ2n) is 6.42. The number of Topliss-reactive ketones (excluding diaryl/α,β-unsaturated/α-hetero) is 1. The molecule has 1 N–H and O–H groups in total. The van der Waals surface area contributed by atoms with Crippen LogP contribution in [0.5, 0.6) is 0 Å². The van der Waals surface area contributed by atoms with Crippen LogP contribution in [0.4, 0.5) is 5.69 Å². The highest BCUT2D eigenvalue weighted by Gasteiger charge is 2.21. The van der Waals surface area contributed by atoms with Gasteiger partial charge in [-0.1, -0.05) is 62.4 Å². The third kappa shape index (κ3) is 4.46. The molecule has 0 aliphatic carbocycles. The Morgan fingerprint density at radius 3 is 2.18 bits per heavy atom. The van der Waals surface area contributed by atoms with E-state index in [0.717, 1.165) is 35.2 Å². The highest BCUT2D eigenvalue weighted by atomic mass is 32.1. The molecule has 3 aromatic rings. The average molecular weight is 390 g/mol. The van der Waals surface area contributed by atoms with Gasteiger partial charge in [0.15, 0.2) is 5.78 Å². The van der Waals surface area contributed by atoms with Crippen LogP contribution in [0.2, 0.25) is 0 Å². The summed E-state index contributed by atoms with van der Waals surface area (Å²) in [7, 11) is 0. The van der Waals surface area contributed by atoms with Gasteiger partial charge in [0.25, 0.3) is 5.91 Å². The Kier molecular flexibility index (Phi) is 6.56. The summed E-state index contributed by atoms with van der Waals surface area (Å²) in [4.78, 5) is 26.3. The Bertz CT molecular complexity index is 966. The molecule has 1 heterocycles. The molecule has 0 saturated heterocycles. The standard InChI is InChI=1S/C24H23NO2S/c1-3-18-11-8-12-19(4-2)22(18)25-24(27)21(15-17-13-14-28-16-17)23(26)20-9-6-5-7-10-20/h5-16H,3-4H2,1-2H3,(H,25,27)/b21-15+. The number of benzene rings is 2. The van der Waals surface area contributed by atoms with Crippen molar-refractivity contribution in [1.29, 1.82) is 0 Å². The zero-order valence-corrected chi connectivity index (χ0v) is 16.9. The van der Waals surface area contributed by atoms with E-state index in [9.17, 15) is 9.59 Å². The lowest BCUT2D eigenvalue weighted by Crippen LogP contribution is -2.22. The molecule has 3 rings (SSSR count). The van der Waals surface area contributed by atoms with Crippen LogP contribution in [0.15, 0.2) is 70.9 Å². The fourth-order valence-electron chi connectivity index (χ4n) is 3.09. The van der Waals surface area contributed by atoms with Gasteiger partial charge in [0.2, 0.25) is 0 Å². The Morgan fingerprint density at radius 1 is 0.929 bits per heavy atom. The Labute approximate surface area is 169 Å². The van der Waals surface area contributed by atoms with Gasteiger partial charge < -0.3 is 5.32 Å². The summed E-state index contributed by atoms with van der Waals surface area (Å²) in [5.74, 6) is -0.660. The molecule has 3 nitrogen and oxygen atoms in total. The van der Waals surface area contributed by atoms with Crippen molar-refractivity contribution in [3.05, 3.63) is 93.2 Å². The summed E-state index contributed by atoms with van der Waals surface area (Å²) in [5, 5.41) is 6.87. The van der Waals surface area contributed by atoms with E-state index in [1.165, 1.54) is 11.3 Å². The number of nitrogens with one attached hydrogen (secondary N) is 1. The second kappa shape index (κ2) is 9.29. The summed E-state index contributed by atoms with van der Waals surface area (Å²) < 4.78 is 0. The first-order chi connectivity index (χ1) is 13.6. The molecule has 142 valence electrons. The molecule has 0 saturated carbocycles. The topological polar surface area (TPSA) is 46.2 Å². The molecule has 1 aromatic heterocycles. The Morgan fingerprint density at radius 2 is 1.61 bits per heavy atom. The first-order valence-corrected chi connectivity index (χ1v) is 10.3. The van der Waals surface area contributed by atoms with Crippen LogP contribution in [-0.4, -0.2) is 11.7 Å². The maximum Gasteiger partial charge on any atom is 0.259 e. The summed E-state index contributed by atoms with van der Waals surface area (Å²) in [5.41, 5.74) is 4.43. The number of anilines is 1. The fourth-order valence-corrected chi connectivity index (χ4v) is 3.71. The summed E-state index contributed by atoms with van der Waals surface area (Å²) in [6.45, 7) is 4.11. The van der Waals surface area contributed by atoms with Crippen molar-refractivity contribution in [2.45, 2.75) is 26.7 Å². The van der Waals surface area contributed by atoms with Crippen molar-refractivity contribution in [3.8, 4) is 0 Å². The van der Waals surface area contributed by atoms with Crippen LogP contribution in [0.3, 0.4) is 0 Å². The quantitative estimate of drug-likeness (QED) is 0.241. The lowest BCUT2D eigenvalue weighted by molar-refractivity contribution is -0.112. The van der Waals surface area contributed by atoms with Crippen molar-refractivity contribution in [3.63, 3.8) is 0 Å². The number of hydrogen-bond acceptors (Lipinski definition) is 3. The van der Waals surface area contributed by atoms with Gasteiger partial charge in [-0.05, 0) is 52.4 Å². The number of carbonyl (C=O) groups excluding carboxylic acids is 2. The van der Waals surface area contributed by atoms with Crippen LogP contribution < -0.4 is 5.32 Å². The third-order valence-electron chi connectivity index (χ3n) is 4.62. The molecular formula is C24H23NO2S. The molecule has 0 aliphatic heterocycles. The zero-order chi connectivity index (χ0) is 19.9. The highest BCUT2D eigenvalue weighted by Crippen LogP contribution is 2.24. The Hall–Kier alpha value is -2.98. The maximum atomic E-state index is 13.2. The minimum absolute atomic E-state index is 0.137. The largest absolute Gasteiger partial charge is 0.321 e. The summed E-state index contributed by atoms with van der Waals surface area (Å²) >= 11 is 1.53. The first kappa shape index (κ1) is 19.8. The van der Waals surface area contributed by atoms with Crippen LogP contribution in [0.1, 0.15) is 40.9 Å². The smallest absolute Gasteiger partial charge is 0.259 e. The molecule has 2 aromatic carbocycles. The van der Waals surface area contributed by atoms with E-state index < -0.39 is 0 Å². The van der Waals surface area contributed by atoms with E-state index >= 15 is 0 Å². The van der Waals surface area contributed by atoms with Crippen molar-refractivity contribution in [1.82, 2.24) is 0 Å². The number of amides is 1. The molecule has 4 heteroatoms. The van der Waals surface area contributed by atoms with E-state index in [1.54, 1.807) is 30.3 Å². The number of ketones is 1. The zero-order valence-electron chi connectivity index (χ0n) is 16.1. The van der Waals surface area contributed by atoms with Crippen LogP contribution in [-0.2, 0) is 17.6 Å². The lowest BCUT2D eigenvalue weighted by atomic mass is 9.99. The highest BCUT2D eigenvalue weighted by molar-refractivity contribution is 7.08. The minimum Gasteiger partial charge on any atom is -0.321 e. The molecule has 0 spiro atoms. The number of para-hydroxylation sites is 1. The molecular weight excluding hydrogens is 366 g/mol. The minimum atomic E-state index is -0.379. The van der Waals surface area contributed by atoms with Crippen molar-refractivity contribution in [2.24, 2.45) is 0 Å². The van der Waals surface area contributed by atoms with E-state index in [4.69, 9.17) is 0 Å².